The third-order valence-corrected chi connectivity index (χ3v) is 4.78. The van der Waals surface area contributed by atoms with Crippen LogP contribution < -0.4 is 14.8 Å². The standard InChI is InChI=1S/C21H32N2O3/c1-16(2)9-11-23-10-5-6-17(15-23)7-8-21(24)22-18-12-19(25-3)14-20(13-18)26-4/h9,12-14,17H,5-8,10-11,15H2,1-4H3,(H,22,24)/t17-/m1/s1. The molecule has 2 rings (SSSR count). The van der Waals surface area contributed by atoms with Gasteiger partial charge in [-0.3, -0.25) is 9.69 Å². The van der Waals surface area contributed by atoms with E-state index in [1.54, 1.807) is 20.3 Å². The first kappa shape index (κ1) is 20.3. The molecule has 1 aromatic rings. The molecule has 1 aliphatic heterocycles. The zero-order chi connectivity index (χ0) is 18.9. The van der Waals surface area contributed by atoms with Crippen molar-refractivity contribution < 1.29 is 14.3 Å². The molecule has 0 radical (unpaired) electrons. The van der Waals surface area contributed by atoms with Crippen molar-refractivity contribution in [2.45, 2.75) is 39.5 Å². The van der Waals surface area contributed by atoms with Crippen LogP contribution >= 0.6 is 0 Å². The molecule has 5 heteroatoms. The number of nitrogens with zero attached hydrogens (tertiary/aromatic N) is 1. The molecule has 0 spiro atoms. The number of hydrogen-bond donors (Lipinski definition) is 1. The lowest BCUT2D eigenvalue weighted by Crippen LogP contribution is -2.35. The topological polar surface area (TPSA) is 50.8 Å². The normalized spacial score (nSPS) is 17.5. The van der Waals surface area contributed by atoms with E-state index in [0.29, 0.717) is 29.5 Å². The molecular formula is C21H32N2O3. The molecule has 1 atom stereocenters. The number of nitrogens with one attached hydrogen (secondary N) is 1. The fourth-order valence-corrected chi connectivity index (χ4v) is 3.30. The van der Waals surface area contributed by atoms with Gasteiger partial charge in [0.1, 0.15) is 11.5 Å². The first-order chi connectivity index (χ1) is 12.5. The van der Waals surface area contributed by atoms with Crippen molar-refractivity contribution in [3.63, 3.8) is 0 Å². The Bertz CT molecular complexity index is 601. The van der Waals surface area contributed by atoms with Gasteiger partial charge >= 0.3 is 0 Å². The lowest BCUT2D eigenvalue weighted by Gasteiger charge is -2.32. The van der Waals surface area contributed by atoms with Gasteiger partial charge in [-0.15, -0.1) is 0 Å². The largest absolute Gasteiger partial charge is 0.497 e. The summed E-state index contributed by atoms with van der Waals surface area (Å²) in [5, 5.41) is 2.96. The highest BCUT2D eigenvalue weighted by Gasteiger charge is 2.20. The lowest BCUT2D eigenvalue weighted by atomic mass is 9.93. The van der Waals surface area contributed by atoms with Gasteiger partial charge in [0.25, 0.3) is 0 Å². The maximum Gasteiger partial charge on any atom is 0.224 e. The summed E-state index contributed by atoms with van der Waals surface area (Å²) in [6.45, 7) is 7.55. The lowest BCUT2D eigenvalue weighted by molar-refractivity contribution is -0.116. The smallest absolute Gasteiger partial charge is 0.224 e. The molecule has 26 heavy (non-hydrogen) atoms. The molecule has 1 aromatic carbocycles. The second-order valence-electron chi connectivity index (χ2n) is 7.24. The molecule has 0 aromatic heterocycles. The van der Waals surface area contributed by atoms with Crippen LogP contribution in [0.5, 0.6) is 11.5 Å². The van der Waals surface area contributed by atoms with Gasteiger partial charge in [-0.2, -0.15) is 0 Å². The van der Waals surface area contributed by atoms with Crippen LogP contribution in [0.3, 0.4) is 0 Å². The van der Waals surface area contributed by atoms with Crippen LogP contribution in [0.4, 0.5) is 5.69 Å². The van der Waals surface area contributed by atoms with Crippen molar-refractivity contribution in [3.05, 3.63) is 29.8 Å². The van der Waals surface area contributed by atoms with Gasteiger partial charge in [0.05, 0.1) is 14.2 Å². The summed E-state index contributed by atoms with van der Waals surface area (Å²) in [5.74, 6) is 1.98. The van der Waals surface area contributed by atoms with Crippen LogP contribution in [-0.2, 0) is 4.79 Å². The predicted molar refractivity (Wildman–Crippen MR) is 106 cm³/mol. The Morgan fingerprint density at radius 3 is 2.54 bits per heavy atom. The predicted octanol–water partition coefficient (Wildman–Crippen LogP) is 4.10. The molecule has 1 N–H and O–H groups in total. The Balaban J connectivity index is 1.82. The monoisotopic (exact) mass is 360 g/mol. The van der Waals surface area contributed by atoms with Crippen LogP contribution in [0.1, 0.15) is 39.5 Å². The highest BCUT2D eigenvalue weighted by molar-refractivity contribution is 5.91. The average molecular weight is 360 g/mol. The maximum absolute atomic E-state index is 12.3. The summed E-state index contributed by atoms with van der Waals surface area (Å²) in [6.07, 6.45) is 6.19. The van der Waals surface area contributed by atoms with E-state index in [-0.39, 0.29) is 5.91 Å². The molecule has 144 valence electrons. The van der Waals surface area contributed by atoms with Crippen molar-refractivity contribution in [2.24, 2.45) is 5.92 Å². The number of carbonyl (C=O) groups excluding carboxylic acids is 1. The molecule has 1 amide bonds. The van der Waals surface area contributed by atoms with E-state index in [2.05, 4.69) is 30.1 Å². The third-order valence-electron chi connectivity index (χ3n) is 4.78. The number of rotatable bonds is 8. The molecule has 1 saturated heterocycles. The Kier molecular flexibility index (Phi) is 7.98. The van der Waals surface area contributed by atoms with Gasteiger partial charge in [-0.1, -0.05) is 11.6 Å². The van der Waals surface area contributed by atoms with Gasteiger partial charge in [-0.25, -0.2) is 0 Å². The van der Waals surface area contributed by atoms with E-state index in [0.717, 1.165) is 26.1 Å². The molecule has 1 heterocycles. The molecular weight excluding hydrogens is 328 g/mol. The van der Waals surface area contributed by atoms with Gasteiger partial charge in [0, 0.05) is 43.4 Å². The summed E-state index contributed by atoms with van der Waals surface area (Å²) in [4.78, 5) is 14.8. The number of benzene rings is 1. The molecule has 1 aliphatic rings. The highest BCUT2D eigenvalue weighted by atomic mass is 16.5. The van der Waals surface area contributed by atoms with Gasteiger partial charge in [0.15, 0.2) is 0 Å². The molecule has 0 aliphatic carbocycles. The maximum atomic E-state index is 12.3. The van der Waals surface area contributed by atoms with Crippen LogP contribution in [0.25, 0.3) is 0 Å². The van der Waals surface area contributed by atoms with Crippen molar-refractivity contribution in [1.29, 1.82) is 0 Å². The highest BCUT2D eigenvalue weighted by Crippen LogP contribution is 2.26. The summed E-state index contributed by atoms with van der Waals surface area (Å²) in [6, 6.07) is 5.41. The zero-order valence-electron chi connectivity index (χ0n) is 16.5. The summed E-state index contributed by atoms with van der Waals surface area (Å²) >= 11 is 0. The van der Waals surface area contributed by atoms with Crippen LogP contribution in [-0.4, -0.2) is 44.7 Å². The second kappa shape index (κ2) is 10.2. The fourth-order valence-electron chi connectivity index (χ4n) is 3.30. The minimum atomic E-state index is 0.0433. The average Bonchev–Trinajstić information content (AvgIpc) is 2.64. The first-order valence-electron chi connectivity index (χ1n) is 9.38. The molecule has 5 nitrogen and oxygen atoms in total. The zero-order valence-corrected chi connectivity index (χ0v) is 16.5. The summed E-state index contributed by atoms with van der Waals surface area (Å²) < 4.78 is 10.5. The number of ether oxygens (including phenoxy) is 2. The summed E-state index contributed by atoms with van der Waals surface area (Å²) in [5.41, 5.74) is 2.07. The van der Waals surface area contributed by atoms with Crippen LogP contribution in [0, 0.1) is 5.92 Å². The number of likely N-dealkylation sites (tertiary alicyclic amines) is 1. The van der Waals surface area contributed by atoms with E-state index in [1.165, 1.54) is 18.4 Å². The number of carbonyl (C=O) groups is 1. The first-order valence-corrected chi connectivity index (χ1v) is 9.38. The second-order valence-corrected chi connectivity index (χ2v) is 7.24. The number of piperidine rings is 1. The SMILES string of the molecule is COc1cc(NC(=O)CC[C@H]2CCCN(CC=C(C)C)C2)cc(OC)c1. The van der Waals surface area contributed by atoms with Gasteiger partial charge < -0.3 is 14.8 Å². The van der Waals surface area contributed by atoms with Crippen LogP contribution in [0.2, 0.25) is 0 Å². The van der Waals surface area contributed by atoms with Crippen molar-refractivity contribution in [1.82, 2.24) is 4.90 Å². The Labute approximate surface area is 157 Å². The fraction of sp³-hybridized carbons (Fsp3) is 0.571. The van der Waals surface area contributed by atoms with Gasteiger partial charge in [-0.05, 0) is 45.6 Å². The number of hydrogen-bond acceptors (Lipinski definition) is 4. The van der Waals surface area contributed by atoms with Crippen molar-refractivity contribution in [2.75, 3.05) is 39.2 Å². The van der Waals surface area contributed by atoms with E-state index < -0.39 is 0 Å². The quantitative estimate of drug-likeness (QED) is 0.709. The minimum absolute atomic E-state index is 0.0433. The van der Waals surface area contributed by atoms with E-state index in [4.69, 9.17) is 9.47 Å². The van der Waals surface area contributed by atoms with E-state index in [1.807, 2.05) is 12.1 Å². The molecule has 0 bridgehead atoms. The van der Waals surface area contributed by atoms with E-state index >= 15 is 0 Å². The Hall–Kier alpha value is -2.01. The Morgan fingerprint density at radius 1 is 1.23 bits per heavy atom. The van der Waals surface area contributed by atoms with Crippen LogP contribution in [0.15, 0.2) is 29.8 Å². The van der Waals surface area contributed by atoms with Crippen molar-refractivity contribution >= 4 is 11.6 Å². The molecule has 0 saturated carbocycles. The van der Waals surface area contributed by atoms with Gasteiger partial charge in [0.2, 0.25) is 5.91 Å². The number of amides is 1. The Morgan fingerprint density at radius 2 is 1.92 bits per heavy atom. The van der Waals surface area contributed by atoms with E-state index in [9.17, 15) is 4.79 Å². The molecule has 0 unspecified atom stereocenters. The van der Waals surface area contributed by atoms with Crippen molar-refractivity contribution in [3.8, 4) is 11.5 Å². The molecule has 1 fully saturated rings. The number of anilines is 1. The number of methoxy groups -OCH3 is 2. The summed E-state index contributed by atoms with van der Waals surface area (Å²) in [7, 11) is 3.20. The minimum Gasteiger partial charge on any atom is -0.497 e. The third kappa shape index (κ3) is 6.71. The number of allylic oxidation sites excluding steroid dienone is 1.